The van der Waals surface area contributed by atoms with Gasteiger partial charge < -0.3 is 9.64 Å². The van der Waals surface area contributed by atoms with Gasteiger partial charge >= 0.3 is 0 Å². The molecule has 0 spiro atoms. The van der Waals surface area contributed by atoms with Crippen LogP contribution in [0.25, 0.3) is 22.2 Å². The Bertz CT molecular complexity index is 1260. The molecule has 0 saturated carbocycles. The van der Waals surface area contributed by atoms with Gasteiger partial charge in [0.05, 0.1) is 24.0 Å². The quantitative estimate of drug-likeness (QED) is 0.493. The van der Waals surface area contributed by atoms with E-state index >= 15 is 0 Å². The summed E-state index contributed by atoms with van der Waals surface area (Å²) in [4.78, 5) is 14.1. The van der Waals surface area contributed by atoms with E-state index in [4.69, 9.17) is 4.74 Å². The number of aromatic nitrogens is 4. The average molecular weight is 425 g/mol. The number of likely N-dealkylation sites (N-methyl/N-ethyl adjacent to an activating group) is 1. The Morgan fingerprint density at radius 3 is 2.61 bits per heavy atom. The normalized spacial score (nSPS) is 11.4. The summed E-state index contributed by atoms with van der Waals surface area (Å²) in [5.41, 5.74) is 1.85. The summed E-state index contributed by atoms with van der Waals surface area (Å²) in [7, 11) is 3.68. The number of hydrogen-bond donors (Lipinski definition) is 1. The van der Waals surface area contributed by atoms with Gasteiger partial charge in [0.2, 0.25) is 0 Å². The molecule has 0 bridgehead atoms. The van der Waals surface area contributed by atoms with Crippen LogP contribution in [0.15, 0.2) is 53.5 Å². The highest BCUT2D eigenvalue weighted by Gasteiger charge is 2.15. The second-order valence-electron chi connectivity index (χ2n) is 7.43. The zero-order valence-corrected chi connectivity index (χ0v) is 17.1. The predicted molar refractivity (Wildman–Crippen MR) is 113 cm³/mol. The first-order valence-corrected chi connectivity index (χ1v) is 9.68. The van der Waals surface area contributed by atoms with Crippen LogP contribution in [0.1, 0.15) is 5.56 Å². The van der Waals surface area contributed by atoms with Gasteiger partial charge in [0.1, 0.15) is 6.61 Å². The van der Waals surface area contributed by atoms with Crippen LogP contribution in [0.2, 0.25) is 0 Å². The minimum atomic E-state index is -0.821. The van der Waals surface area contributed by atoms with Gasteiger partial charge in [-0.2, -0.15) is 10.2 Å². The molecule has 31 heavy (non-hydrogen) atoms. The first-order valence-electron chi connectivity index (χ1n) is 9.68. The van der Waals surface area contributed by atoms with Crippen LogP contribution in [0.3, 0.4) is 0 Å². The van der Waals surface area contributed by atoms with Crippen molar-refractivity contribution in [2.75, 3.05) is 27.2 Å². The number of fused-ring (bicyclic) bond motifs is 1. The van der Waals surface area contributed by atoms with Crippen molar-refractivity contribution in [3.05, 3.63) is 76.2 Å². The number of nitrogens with one attached hydrogen (secondary N) is 1. The van der Waals surface area contributed by atoms with Gasteiger partial charge in [-0.1, -0.05) is 12.1 Å². The van der Waals surface area contributed by atoms with E-state index in [1.54, 1.807) is 6.20 Å². The lowest BCUT2D eigenvalue weighted by atomic mass is 10.1. The Morgan fingerprint density at radius 1 is 1.10 bits per heavy atom. The molecule has 2 aromatic carbocycles. The maximum Gasteiger partial charge on any atom is 0.267 e. The number of aromatic amines is 1. The maximum absolute atomic E-state index is 14.5. The van der Waals surface area contributed by atoms with Gasteiger partial charge in [-0.25, -0.2) is 13.5 Å². The van der Waals surface area contributed by atoms with Gasteiger partial charge in [-0.3, -0.25) is 9.89 Å². The van der Waals surface area contributed by atoms with E-state index < -0.39 is 17.4 Å². The summed E-state index contributed by atoms with van der Waals surface area (Å²) in [6.07, 6.45) is 1.71. The third-order valence-electron chi connectivity index (χ3n) is 4.78. The van der Waals surface area contributed by atoms with E-state index in [9.17, 15) is 13.6 Å². The first-order chi connectivity index (χ1) is 14.9. The number of benzene rings is 2. The summed E-state index contributed by atoms with van der Waals surface area (Å²) in [6, 6.07) is 10.7. The van der Waals surface area contributed by atoms with E-state index in [0.29, 0.717) is 6.54 Å². The Kier molecular flexibility index (Phi) is 5.77. The van der Waals surface area contributed by atoms with Crippen molar-refractivity contribution in [2.45, 2.75) is 6.54 Å². The van der Waals surface area contributed by atoms with Crippen molar-refractivity contribution in [3.63, 3.8) is 0 Å². The van der Waals surface area contributed by atoms with Crippen LogP contribution in [-0.2, 0) is 6.54 Å². The average Bonchev–Trinajstić information content (AvgIpc) is 3.19. The number of rotatable bonds is 7. The first kappa shape index (κ1) is 20.7. The third kappa shape index (κ3) is 4.61. The van der Waals surface area contributed by atoms with Gasteiger partial charge in [0.15, 0.2) is 17.4 Å². The van der Waals surface area contributed by atoms with Crippen molar-refractivity contribution in [3.8, 4) is 17.0 Å². The van der Waals surface area contributed by atoms with Crippen LogP contribution in [0.5, 0.6) is 5.75 Å². The zero-order chi connectivity index (χ0) is 22.0. The topological polar surface area (TPSA) is 76.0 Å². The van der Waals surface area contributed by atoms with Crippen molar-refractivity contribution < 1.29 is 13.5 Å². The molecule has 0 saturated heterocycles. The van der Waals surface area contributed by atoms with Crippen molar-refractivity contribution in [2.24, 2.45) is 0 Å². The van der Waals surface area contributed by atoms with Crippen LogP contribution in [0.4, 0.5) is 8.78 Å². The summed E-state index contributed by atoms with van der Waals surface area (Å²) < 4.78 is 35.5. The van der Waals surface area contributed by atoms with E-state index in [0.717, 1.165) is 28.6 Å². The highest BCUT2D eigenvalue weighted by molar-refractivity contribution is 5.78. The van der Waals surface area contributed by atoms with Crippen LogP contribution < -0.4 is 10.3 Å². The molecule has 0 atom stereocenters. The molecule has 1 N–H and O–H groups in total. The van der Waals surface area contributed by atoms with Crippen molar-refractivity contribution in [1.29, 1.82) is 0 Å². The second kappa shape index (κ2) is 8.65. The number of hydrogen-bond acceptors (Lipinski definition) is 5. The number of H-pyrrole nitrogens is 1. The number of halogens is 2. The highest BCUT2D eigenvalue weighted by atomic mass is 19.1. The van der Waals surface area contributed by atoms with E-state index in [1.165, 1.54) is 16.8 Å². The minimum absolute atomic E-state index is 0.157. The fourth-order valence-corrected chi connectivity index (χ4v) is 3.15. The smallest absolute Gasteiger partial charge is 0.267 e. The van der Waals surface area contributed by atoms with Gasteiger partial charge in [-0.15, -0.1) is 0 Å². The minimum Gasteiger partial charge on any atom is -0.486 e. The largest absolute Gasteiger partial charge is 0.486 e. The molecule has 9 heteroatoms. The molecule has 4 aromatic rings. The number of nitrogens with zero attached hydrogens (tertiary/aromatic N) is 4. The summed E-state index contributed by atoms with van der Waals surface area (Å²) in [5, 5.41) is 12.1. The lowest BCUT2D eigenvalue weighted by molar-refractivity contribution is 0.242. The molecule has 0 aliphatic carbocycles. The molecule has 4 rings (SSSR count). The van der Waals surface area contributed by atoms with Crippen molar-refractivity contribution in [1.82, 2.24) is 24.9 Å². The second-order valence-corrected chi connectivity index (χ2v) is 7.43. The molecule has 0 unspecified atom stereocenters. The fraction of sp³-hybridized carbons (Fsp3) is 0.227. The summed E-state index contributed by atoms with van der Waals surface area (Å²) in [5.74, 6) is -2.07. The molecular weight excluding hydrogens is 404 g/mol. The molecule has 2 heterocycles. The van der Waals surface area contributed by atoms with Crippen molar-refractivity contribution >= 4 is 10.9 Å². The zero-order valence-electron chi connectivity index (χ0n) is 17.1. The van der Waals surface area contributed by atoms with Gasteiger partial charge in [0, 0.05) is 23.6 Å². The molecule has 0 fully saturated rings. The predicted octanol–water partition coefficient (Wildman–Crippen LogP) is 3.05. The molecule has 7 nitrogen and oxygen atoms in total. The molecule has 160 valence electrons. The van der Waals surface area contributed by atoms with Gasteiger partial charge in [-0.05, 0) is 43.9 Å². The Hall–Kier alpha value is -3.59. The summed E-state index contributed by atoms with van der Waals surface area (Å²) in [6.45, 7) is 0.889. The SMILES string of the molecule is CN(C)CCOc1c(F)cc(-c2ccc(=O)n(Cc3ccc4cn[nH]c4c3)n2)cc1F. The van der Waals surface area contributed by atoms with Crippen LogP contribution >= 0.6 is 0 Å². The maximum atomic E-state index is 14.5. The van der Waals surface area contributed by atoms with E-state index in [-0.39, 0.29) is 30.0 Å². The molecule has 2 aromatic heterocycles. The Balaban J connectivity index is 1.60. The number of ether oxygens (including phenoxy) is 1. The molecule has 0 aliphatic heterocycles. The monoisotopic (exact) mass is 425 g/mol. The lowest BCUT2D eigenvalue weighted by Crippen LogP contribution is -2.23. The van der Waals surface area contributed by atoms with E-state index in [1.807, 2.05) is 37.2 Å². The lowest BCUT2D eigenvalue weighted by Gasteiger charge is -2.13. The van der Waals surface area contributed by atoms with Gasteiger partial charge in [0.25, 0.3) is 5.56 Å². The standard InChI is InChI=1S/C22H21F2N5O2/c1-28(2)7-8-31-22-17(23)10-16(11-18(22)24)19-5-6-21(30)29(27-19)13-14-3-4-15-12-25-26-20(15)9-14/h3-6,9-12H,7-8,13H2,1-2H3,(H,25,26). The highest BCUT2D eigenvalue weighted by Crippen LogP contribution is 2.28. The van der Waals surface area contributed by atoms with Crippen LogP contribution in [-0.4, -0.2) is 52.1 Å². The van der Waals surface area contributed by atoms with E-state index in [2.05, 4.69) is 15.3 Å². The molecular formula is C22H21F2N5O2. The van der Waals surface area contributed by atoms with Crippen LogP contribution in [0, 0.1) is 11.6 Å². The Labute approximate surface area is 176 Å². The third-order valence-corrected chi connectivity index (χ3v) is 4.78. The fourth-order valence-electron chi connectivity index (χ4n) is 3.15. The molecule has 0 amide bonds. The molecule has 0 aliphatic rings. The summed E-state index contributed by atoms with van der Waals surface area (Å²) >= 11 is 0. The Morgan fingerprint density at radius 2 is 1.87 bits per heavy atom. The molecule has 0 radical (unpaired) electrons.